The van der Waals surface area contributed by atoms with E-state index < -0.39 is 0 Å². The van der Waals surface area contributed by atoms with E-state index in [4.69, 9.17) is 4.74 Å². The van der Waals surface area contributed by atoms with E-state index in [0.29, 0.717) is 12.1 Å². The number of fused-ring (bicyclic) bond motifs is 1. The lowest BCUT2D eigenvalue weighted by Gasteiger charge is -2.51. The van der Waals surface area contributed by atoms with Crippen LogP contribution < -0.4 is 5.32 Å². The van der Waals surface area contributed by atoms with Crippen LogP contribution in [0.15, 0.2) is 30.5 Å². The van der Waals surface area contributed by atoms with Crippen molar-refractivity contribution in [1.29, 1.82) is 0 Å². The van der Waals surface area contributed by atoms with E-state index in [1.807, 2.05) is 18.2 Å². The minimum Gasteiger partial charge on any atom is -0.381 e. The fourth-order valence-electron chi connectivity index (χ4n) is 2.84. The summed E-state index contributed by atoms with van der Waals surface area (Å²) in [5.41, 5.74) is 2.12. The molecule has 2 aromatic rings. The van der Waals surface area contributed by atoms with Gasteiger partial charge in [0.2, 0.25) is 0 Å². The molecule has 0 radical (unpaired) electrons. The van der Waals surface area contributed by atoms with Crippen LogP contribution in [0.1, 0.15) is 20.3 Å². The summed E-state index contributed by atoms with van der Waals surface area (Å²) >= 11 is 0. The van der Waals surface area contributed by atoms with Crippen LogP contribution in [-0.2, 0) is 4.74 Å². The molecule has 3 rings (SSSR count). The summed E-state index contributed by atoms with van der Waals surface area (Å²) in [4.78, 5) is 0. The monoisotopic (exact) mass is 257 g/mol. The smallest absolute Gasteiger partial charge is 0.0950 e. The second kappa shape index (κ2) is 4.46. The normalized spacial score (nSPS) is 25.0. The molecule has 0 spiro atoms. The van der Waals surface area contributed by atoms with Crippen LogP contribution in [0.5, 0.6) is 0 Å². The number of hydrogen-bond donors (Lipinski definition) is 1. The Morgan fingerprint density at radius 3 is 2.84 bits per heavy atom. The van der Waals surface area contributed by atoms with E-state index in [1.165, 1.54) is 0 Å². The molecule has 0 saturated heterocycles. The van der Waals surface area contributed by atoms with E-state index in [9.17, 15) is 0 Å². The maximum absolute atomic E-state index is 5.49. The van der Waals surface area contributed by atoms with Crippen LogP contribution in [-0.4, -0.2) is 29.5 Å². The first-order valence-corrected chi connectivity index (χ1v) is 6.62. The minimum absolute atomic E-state index is 0.138. The number of ether oxygens (including phenoxy) is 1. The Bertz CT molecular complexity index is 591. The zero-order valence-electron chi connectivity index (χ0n) is 11.6. The van der Waals surface area contributed by atoms with Crippen LogP contribution in [0.3, 0.4) is 0 Å². The summed E-state index contributed by atoms with van der Waals surface area (Å²) < 4.78 is 5.49. The highest BCUT2D eigenvalue weighted by molar-refractivity contribution is 5.90. The Morgan fingerprint density at radius 1 is 1.32 bits per heavy atom. The molecule has 1 aromatic heterocycles. The zero-order chi connectivity index (χ0) is 13.5. The van der Waals surface area contributed by atoms with Gasteiger partial charge in [0.15, 0.2) is 0 Å². The molecule has 1 N–H and O–H groups in total. The van der Waals surface area contributed by atoms with E-state index in [0.717, 1.165) is 23.0 Å². The Morgan fingerprint density at radius 2 is 2.11 bits per heavy atom. The third-order valence-corrected chi connectivity index (χ3v) is 4.34. The Labute approximate surface area is 113 Å². The lowest BCUT2D eigenvalue weighted by atomic mass is 9.64. The van der Waals surface area contributed by atoms with Gasteiger partial charge in [0.1, 0.15) is 0 Å². The quantitative estimate of drug-likeness (QED) is 0.918. The number of rotatable bonds is 3. The van der Waals surface area contributed by atoms with Crippen molar-refractivity contribution in [2.24, 2.45) is 5.41 Å². The van der Waals surface area contributed by atoms with Crippen LogP contribution in [0.4, 0.5) is 5.69 Å². The lowest BCUT2D eigenvalue weighted by molar-refractivity contribution is -0.0794. The average molecular weight is 257 g/mol. The third-order valence-electron chi connectivity index (χ3n) is 4.34. The van der Waals surface area contributed by atoms with E-state index in [-0.39, 0.29) is 5.41 Å². The Kier molecular flexibility index (Phi) is 2.90. The second-order valence-electron chi connectivity index (χ2n) is 5.75. The number of nitrogens with zero attached hydrogens (tertiary/aromatic N) is 2. The fraction of sp³-hybridized carbons (Fsp3) is 0.467. The average Bonchev–Trinajstić information content (AvgIpc) is 2.43. The molecule has 1 fully saturated rings. The van der Waals surface area contributed by atoms with Crippen molar-refractivity contribution in [2.75, 3.05) is 12.4 Å². The van der Waals surface area contributed by atoms with Gasteiger partial charge in [-0.1, -0.05) is 32.0 Å². The molecular weight excluding hydrogens is 238 g/mol. The van der Waals surface area contributed by atoms with Gasteiger partial charge in [-0.2, -0.15) is 10.2 Å². The molecule has 1 aliphatic rings. The molecule has 0 bridgehead atoms. The highest BCUT2D eigenvalue weighted by Gasteiger charge is 2.48. The largest absolute Gasteiger partial charge is 0.381 e. The SMILES string of the molecule is COC1CC(Nc2cnnc3ccccc23)C1(C)C. The van der Waals surface area contributed by atoms with Crippen molar-refractivity contribution in [3.63, 3.8) is 0 Å². The molecular formula is C15H19N3O. The molecule has 4 nitrogen and oxygen atoms in total. The zero-order valence-corrected chi connectivity index (χ0v) is 11.6. The van der Waals surface area contributed by atoms with Gasteiger partial charge in [0.05, 0.1) is 23.5 Å². The maximum atomic E-state index is 5.49. The van der Waals surface area contributed by atoms with Crippen LogP contribution in [0, 0.1) is 5.41 Å². The van der Waals surface area contributed by atoms with Gasteiger partial charge in [-0.3, -0.25) is 0 Å². The highest BCUT2D eigenvalue weighted by atomic mass is 16.5. The standard InChI is InChI=1S/C15H19N3O/c1-15(2)13(8-14(15)19-3)17-12-9-16-18-11-7-5-4-6-10(11)12/h4-7,9,13-14H,8H2,1-3H3,(H,17,18). The van der Waals surface area contributed by atoms with Crippen molar-refractivity contribution in [2.45, 2.75) is 32.4 Å². The predicted octanol–water partition coefficient (Wildman–Crippen LogP) is 2.86. The molecule has 2 unspecified atom stereocenters. The molecule has 0 aliphatic heterocycles. The van der Waals surface area contributed by atoms with Crippen molar-refractivity contribution < 1.29 is 4.74 Å². The molecule has 4 heteroatoms. The Hall–Kier alpha value is -1.68. The first-order valence-electron chi connectivity index (χ1n) is 6.62. The summed E-state index contributed by atoms with van der Waals surface area (Å²) in [5, 5.41) is 12.9. The topological polar surface area (TPSA) is 47.0 Å². The van der Waals surface area contributed by atoms with E-state index in [2.05, 4.69) is 35.4 Å². The van der Waals surface area contributed by atoms with Gasteiger partial charge in [-0.25, -0.2) is 0 Å². The minimum atomic E-state index is 0.138. The highest BCUT2D eigenvalue weighted by Crippen LogP contribution is 2.44. The van der Waals surface area contributed by atoms with Crippen molar-refractivity contribution in [1.82, 2.24) is 10.2 Å². The first-order chi connectivity index (χ1) is 9.13. The van der Waals surface area contributed by atoms with Crippen LogP contribution in [0.25, 0.3) is 10.9 Å². The van der Waals surface area contributed by atoms with Crippen molar-refractivity contribution >= 4 is 16.6 Å². The van der Waals surface area contributed by atoms with Gasteiger partial charge in [-0.15, -0.1) is 0 Å². The van der Waals surface area contributed by atoms with Gasteiger partial charge in [-0.05, 0) is 12.5 Å². The number of methoxy groups -OCH3 is 1. The van der Waals surface area contributed by atoms with E-state index in [1.54, 1.807) is 13.3 Å². The molecule has 0 amide bonds. The molecule has 1 aromatic carbocycles. The van der Waals surface area contributed by atoms with Gasteiger partial charge >= 0.3 is 0 Å². The van der Waals surface area contributed by atoms with Crippen molar-refractivity contribution in [3.8, 4) is 0 Å². The fourth-order valence-corrected chi connectivity index (χ4v) is 2.84. The number of anilines is 1. The third kappa shape index (κ3) is 1.96. The first kappa shape index (κ1) is 12.4. The number of aromatic nitrogens is 2. The summed E-state index contributed by atoms with van der Waals surface area (Å²) in [5.74, 6) is 0. The number of nitrogens with one attached hydrogen (secondary N) is 1. The maximum Gasteiger partial charge on any atom is 0.0950 e. The number of hydrogen-bond acceptors (Lipinski definition) is 4. The summed E-state index contributed by atoms with van der Waals surface area (Å²) in [6.45, 7) is 4.47. The molecule has 1 aliphatic carbocycles. The summed E-state index contributed by atoms with van der Waals surface area (Å²) in [7, 11) is 1.78. The van der Waals surface area contributed by atoms with Crippen LogP contribution in [0.2, 0.25) is 0 Å². The van der Waals surface area contributed by atoms with Gasteiger partial charge in [0.25, 0.3) is 0 Å². The molecule has 1 heterocycles. The van der Waals surface area contributed by atoms with Gasteiger partial charge < -0.3 is 10.1 Å². The lowest BCUT2D eigenvalue weighted by Crippen LogP contribution is -2.57. The van der Waals surface area contributed by atoms with Crippen LogP contribution >= 0.6 is 0 Å². The Balaban J connectivity index is 1.87. The molecule has 2 atom stereocenters. The molecule has 19 heavy (non-hydrogen) atoms. The van der Waals surface area contributed by atoms with Gasteiger partial charge in [0, 0.05) is 24.0 Å². The molecule has 100 valence electrons. The predicted molar refractivity (Wildman–Crippen MR) is 76.1 cm³/mol. The van der Waals surface area contributed by atoms with E-state index >= 15 is 0 Å². The summed E-state index contributed by atoms with van der Waals surface area (Å²) in [6.07, 6.45) is 3.16. The molecule has 1 saturated carbocycles. The second-order valence-corrected chi connectivity index (χ2v) is 5.75. The summed E-state index contributed by atoms with van der Waals surface area (Å²) in [6, 6.07) is 8.47. The van der Waals surface area contributed by atoms with Crippen molar-refractivity contribution in [3.05, 3.63) is 30.5 Å². The number of benzene rings is 1.